The lowest BCUT2D eigenvalue weighted by Crippen LogP contribution is -2.41. The number of carboxylic acids is 1. The van der Waals surface area contributed by atoms with E-state index in [2.05, 4.69) is 21.8 Å². The first-order chi connectivity index (χ1) is 8.79. The third kappa shape index (κ3) is 3.26. The molecule has 108 valence electrons. The van der Waals surface area contributed by atoms with Crippen molar-refractivity contribution in [1.29, 1.82) is 0 Å². The van der Waals surface area contributed by atoms with E-state index in [0.717, 1.165) is 13.1 Å². The van der Waals surface area contributed by atoms with E-state index in [1.165, 1.54) is 0 Å². The molecule has 0 amide bonds. The zero-order valence-corrected chi connectivity index (χ0v) is 12.6. The van der Waals surface area contributed by atoms with Gasteiger partial charge in [0.1, 0.15) is 11.4 Å². The van der Waals surface area contributed by atoms with Crippen LogP contribution in [-0.2, 0) is 7.05 Å². The SMILES string of the molecule is CCN(c1c(C(=O)O)c(C)nn1C)C(C)CN(C)C. The van der Waals surface area contributed by atoms with Gasteiger partial charge in [-0.2, -0.15) is 5.10 Å². The van der Waals surface area contributed by atoms with Crippen molar-refractivity contribution in [1.82, 2.24) is 14.7 Å². The minimum absolute atomic E-state index is 0.216. The number of hydrogen-bond acceptors (Lipinski definition) is 4. The highest BCUT2D eigenvalue weighted by Crippen LogP contribution is 2.25. The van der Waals surface area contributed by atoms with Crippen molar-refractivity contribution in [2.75, 3.05) is 32.1 Å². The quantitative estimate of drug-likeness (QED) is 0.840. The summed E-state index contributed by atoms with van der Waals surface area (Å²) in [5.41, 5.74) is 0.857. The van der Waals surface area contributed by atoms with E-state index in [1.54, 1.807) is 18.7 Å². The number of aromatic carboxylic acids is 1. The molecule has 0 saturated heterocycles. The molecule has 0 aliphatic rings. The van der Waals surface area contributed by atoms with Crippen molar-refractivity contribution in [3.63, 3.8) is 0 Å². The highest BCUT2D eigenvalue weighted by molar-refractivity contribution is 5.95. The Balaban J connectivity index is 3.21. The molecule has 0 aromatic carbocycles. The molecule has 0 saturated carbocycles. The van der Waals surface area contributed by atoms with Crippen molar-refractivity contribution in [2.24, 2.45) is 7.05 Å². The summed E-state index contributed by atoms with van der Waals surface area (Å²) in [5.74, 6) is -0.238. The van der Waals surface area contributed by atoms with Gasteiger partial charge in [-0.1, -0.05) is 0 Å². The maximum absolute atomic E-state index is 11.4. The molecule has 1 N–H and O–H groups in total. The average Bonchev–Trinajstić information content (AvgIpc) is 2.54. The van der Waals surface area contributed by atoms with Gasteiger partial charge in [0.15, 0.2) is 0 Å². The standard InChI is InChI=1S/C13H24N4O2/c1-7-17(9(2)8-15(4)5)12-11(13(18)19)10(3)14-16(12)6/h9H,7-8H2,1-6H3,(H,18,19). The van der Waals surface area contributed by atoms with E-state index in [9.17, 15) is 9.90 Å². The molecule has 1 aromatic rings. The van der Waals surface area contributed by atoms with Gasteiger partial charge in [0.25, 0.3) is 0 Å². The first-order valence-electron chi connectivity index (χ1n) is 6.47. The molecule has 1 heterocycles. The Kier molecular flexibility index (Phi) is 4.94. The molecule has 19 heavy (non-hydrogen) atoms. The molecule has 0 spiro atoms. The van der Waals surface area contributed by atoms with E-state index < -0.39 is 5.97 Å². The summed E-state index contributed by atoms with van der Waals surface area (Å²) in [6, 6.07) is 0.216. The number of carbonyl (C=O) groups is 1. The largest absolute Gasteiger partial charge is 0.477 e. The summed E-state index contributed by atoms with van der Waals surface area (Å²) in [6.45, 7) is 7.46. The molecule has 1 unspecified atom stereocenters. The summed E-state index contributed by atoms with van der Waals surface area (Å²) in [5, 5.41) is 13.6. The number of aryl methyl sites for hydroxylation is 2. The average molecular weight is 268 g/mol. The Morgan fingerprint density at radius 3 is 2.47 bits per heavy atom. The lowest BCUT2D eigenvalue weighted by atomic mass is 10.2. The lowest BCUT2D eigenvalue weighted by Gasteiger charge is -2.32. The van der Waals surface area contributed by atoms with Gasteiger partial charge in [-0.3, -0.25) is 4.68 Å². The number of rotatable bonds is 6. The summed E-state index contributed by atoms with van der Waals surface area (Å²) < 4.78 is 1.66. The molecule has 6 nitrogen and oxygen atoms in total. The van der Waals surface area contributed by atoms with Gasteiger partial charge >= 0.3 is 5.97 Å². The molecule has 0 fully saturated rings. The second-order valence-electron chi connectivity index (χ2n) is 5.11. The van der Waals surface area contributed by atoms with Crippen molar-refractivity contribution in [2.45, 2.75) is 26.8 Å². The Morgan fingerprint density at radius 2 is 2.05 bits per heavy atom. The minimum atomic E-state index is -0.920. The predicted octanol–water partition coefficient (Wildman–Crippen LogP) is 1.20. The second kappa shape index (κ2) is 6.06. The lowest BCUT2D eigenvalue weighted by molar-refractivity contribution is 0.0696. The molecule has 0 radical (unpaired) electrons. The highest BCUT2D eigenvalue weighted by atomic mass is 16.4. The number of aromatic nitrogens is 2. The van der Waals surface area contributed by atoms with Crippen LogP contribution in [-0.4, -0.2) is 59.0 Å². The predicted molar refractivity (Wildman–Crippen MR) is 75.9 cm³/mol. The molecule has 0 aliphatic carbocycles. The van der Waals surface area contributed by atoms with Crippen LogP contribution in [0.1, 0.15) is 29.9 Å². The molecule has 6 heteroatoms. The zero-order valence-electron chi connectivity index (χ0n) is 12.6. The summed E-state index contributed by atoms with van der Waals surface area (Å²) in [4.78, 5) is 15.6. The van der Waals surface area contributed by atoms with Crippen LogP contribution < -0.4 is 4.90 Å². The molecule has 1 aromatic heterocycles. The van der Waals surface area contributed by atoms with Gasteiger partial charge < -0.3 is 14.9 Å². The maximum Gasteiger partial charge on any atom is 0.341 e. The van der Waals surface area contributed by atoms with Gasteiger partial charge in [0, 0.05) is 26.2 Å². The van der Waals surface area contributed by atoms with Crippen LogP contribution in [0, 0.1) is 6.92 Å². The third-order valence-corrected chi connectivity index (χ3v) is 3.18. The van der Waals surface area contributed by atoms with Crippen LogP contribution in [0.2, 0.25) is 0 Å². The monoisotopic (exact) mass is 268 g/mol. The summed E-state index contributed by atoms with van der Waals surface area (Å²) in [6.07, 6.45) is 0. The van der Waals surface area contributed by atoms with Crippen LogP contribution >= 0.6 is 0 Å². The molecular formula is C13H24N4O2. The van der Waals surface area contributed by atoms with E-state index >= 15 is 0 Å². The summed E-state index contributed by atoms with van der Waals surface area (Å²) >= 11 is 0. The van der Waals surface area contributed by atoms with Gasteiger partial charge in [-0.25, -0.2) is 4.79 Å². The van der Waals surface area contributed by atoms with E-state index in [1.807, 2.05) is 21.0 Å². The van der Waals surface area contributed by atoms with E-state index in [4.69, 9.17) is 0 Å². The maximum atomic E-state index is 11.4. The first-order valence-corrected chi connectivity index (χ1v) is 6.47. The minimum Gasteiger partial charge on any atom is -0.477 e. The van der Waals surface area contributed by atoms with E-state index in [0.29, 0.717) is 17.1 Å². The van der Waals surface area contributed by atoms with Crippen LogP contribution in [0.3, 0.4) is 0 Å². The number of likely N-dealkylation sites (N-methyl/N-ethyl adjacent to an activating group) is 2. The van der Waals surface area contributed by atoms with Crippen LogP contribution in [0.15, 0.2) is 0 Å². The Hall–Kier alpha value is -1.56. The number of hydrogen-bond donors (Lipinski definition) is 1. The Morgan fingerprint density at radius 1 is 1.47 bits per heavy atom. The zero-order chi connectivity index (χ0) is 14.7. The van der Waals surface area contributed by atoms with Crippen LogP contribution in [0.5, 0.6) is 0 Å². The van der Waals surface area contributed by atoms with Crippen LogP contribution in [0.4, 0.5) is 5.82 Å². The van der Waals surface area contributed by atoms with Crippen molar-refractivity contribution in [3.8, 4) is 0 Å². The van der Waals surface area contributed by atoms with Gasteiger partial charge in [-0.15, -0.1) is 0 Å². The number of anilines is 1. The second-order valence-corrected chi connectivity index (χ2v) is 5.11. The summed E-state index contributed by atoms with van der Waals surface area (Å²) in [7, 11) is 5.81. The fourth-order valence-electron chi connectivity index (χ4n) is 2.52. The topological polar surface area (TPSA) is 61.6 Å². The Labute approximate surface area is 114 Å². The molecule has 0 aliphatic heterocycles. The van der Waals surface area contributed by atoms with Gasteiger partial charge in [0.05, 0.1) is 5.69 Å². The van der Waals surface area contributed by atoms with Gasteiger partial charge in [-0.05, 0) is 34.9 Å². The highest BCUT2D eigenvalue weighted by Gasteiger charge is 2.26. The number of nitrogens with zero attached hydrogens (tertiary/aromatic N) is 4. The van der Waals surface area contributed by atoms with Crippen molar-refractivity contribution < 1.29 is 9.90 Å². The normalized spacial score (nSPS) is 12.8. The fourth-order valence-corrected chi connectivity index (χ4v) is 2.52. The van der Waals surface area contributed by atoms with Crippen molar-refractivity contribution in [3.05, 3.63) is 11.3 Å². The first kappa shape index (κ1) is 15.5. The Bertz CT molecular complexity index is 454. The van der Waals surface area contributed by atoms with Crippen LogP contribution in [0.25, 0.3) is 0 Å². The van der Waals surface area contributed by atoms with Gasteiger partial charge in [0.2, 0.25) is 0 Å². The number of carboxylic acid groups (broad SMARTS) is 1. The van der Waals surface area contributed by atoms with E-state index in [-0.39, 0.29) is 6.04 Å². The molecule has 1 rings (SSSR count). The molecule has 1 atom stereocenters. The molecule has 0 bridgehead atoms. The third-order valence-electron chi connectivity index (χ3n) is 3.18. The fraction of sp³-hybridized carbons (Fsp3) is 0.692. The smallest absolute Gasteiger partial charge is 0.341 e. The van der Waals surface area contributed by atoms with Crippen molar-refractivity contribution >= 4 is 11.8 Å². The molecular weight excluding hydrogens is 244 g/mol.